The van der Waals surface area contributed by atoms with E-state index < -0.39 is 22.5 Å². The Balaban J connectivity index is 1.94. The van der Waals surface area contributed by atoms with Crippen molar-refractivity contribution in [3.05, 3.63) is 89.0 Å². The number of sulfonamides is 1. The van der Waals surface area contributed by atoms with E-state index in [9.17, 15) is 13.2 Å². The number of amides is 1. The van der Waals surface area contributed by atoms with Crippen molar-refractivity contribution in [3.8, 4) is 5.75 Å². The van der Waals surface area contributed by atoms with E-state index in [1.54, 1.807) is 24.3 Å². The molecule has 0 aromatic heterocycles. The number of carbonyl (C=O) groups is 1. The van der Waals surface area contributed by atoms with Crippen LogP contribution < -0.4 is 9.04 Å². The molecule has 0 fully saturated rings. The van der Waals surface area contributed by atoms with Crippen molar-refractivity contribution >= 4 is 21.6 Å². The summed E-state index contributed by atoms with van der Waals surface area (Å²) in [6.45, 7) is 7.43. The summed E-state index contributed by atoms with van der Waals surface area (Å²) in [6.07, 6.45) is 3.03. The molecule has 0 aliphatic carbocycles. The summed E-state index contributed by atoms with van der Waals surface area (Å²) >= 11 is 0. The predicted molar refractivity (Wildman–Crippen MR) is 132 cm³/mol. The van der Waals surface area contributed by atoms with Crippen molar-refractivity contribution in [1.29, 1.82) is 0 Å². The maximum Gasteiger partial charge on any atom is 0.278 e. The van der Waals surface area contributed by atoms with Crippen molar-refractivity contribution in [2.24, 2.45) is 0 Å². The summed E-state index contributed by atoms with van der Waals surface area (Å²) in [5, 5.41) is 0. The fourth-order valence-electron chi connectivity index (χ4n) is 3.47. The second-order valence-corrected chi connectivity index (χ2v) is 10.1. The first kappa shape index (κ1) is 24.5. The van der Waals surface area contributed by atoms with Gasteiger partial charge in [-0.25, -0.2) is 8.42 Å². The highest BCUT2D eigenvalue weighted by atomic mass is 32.2. The molecule has 0 aliphatic heterocycles. The lowest BCUT2D eigenvalue weighted by atomic mass is 10.1. The van der Waals surface area contributed by atoms with Gasteiger partial charge in [0.1, 0.15) is 5.75 Å². The number of ether oxygens (including phenoxy) is 1. The van der Waals surface area contributed by atoms with E-state index in [-0.39, 0.29) is 4.90 Å². The molecule has 3 aromatic carbocycles. The van der Waals surface area contributed by atoms with Crippen molar-refractivity contribution in [3.63, 3.8) is 0 Å². The lowest BCUT2D eigenvalue weighted by molar-refractivity contribution is -0.119. The number of aryl methyl sites for hydroxylation is 4. The molecular formula is C27H31NO4S. The molecule has 5 nitrogen and oxygen atoms in total. The number of benzene rings is 3. The molecule has 33 heavy (non-hydrogen) atoms. The molecule has 6 heteroatoms. The van der Waals surface area contributed by atoms with E-state index in [0.717, 1.165) is 45.8 Å². The lowest BCUT2D eigenvalue weighted by Crippen LogP contribution is -2.40. The van der Waals surface area contributed by atoms with Gasteiger partial charge in [-0.05, 0) is 80.6 Å². The van der Waals surface area contributed by atoms with Crippen molar-refractivity contribution in [2.75, 3.05) is 10.9 Å². The van der Waals surface area contributed by atoms with Crippen LogP contribution in [0.4, 0.5) is 5.69 Å². The Kier molecular flexibility index (Phi) is 7.92. The molecule has 0 N–H and O–H groups in total. The summed E-state index contributed by atoms with van der Waals surface area (Å²) in [7, 11) is -4.12. The fourth-order valence-corrected chi connectivity index (χ4v) is 4.88. The Hall–Kier alpha value is -3.12. The molecule has 0 spiro atoms. The molecule has 0 saturated heterocycles. The molecule has 0 aliphatic rings. The molecule has 174 valence electrons. The summed E-state index contributed by atoms with van der Waals surface area (Å²) in [5.41, 5.74) is 4.21. The van der Waals surface area contributed by atoms with Crippen LogP contribution in [0, 0.1) is 20.8 Å². The van der Waals surface area contributed by atoms with Crippen LogP contribution in [-0.4, -0.2) is 20.9 Å². The third-order valence-electron chi connectivity index (χ3n) is 5.47. The highest BCUT2D eigenvalue weighted by Gasteiger charge is 2.31. The minimum absolute atomic E-state index is 0.0586. The van der Waals surface area contributed by atoms with Gasteiger partial charge in [-0.2, -0.15) is 4.31 Å². The van der Waals surface area contributed by atoms with Crippen LogP contribution in [-0.2, 0) is 21.2 Å². The predicted octanol–water partition coefficient (Wildman–Crippen LogP) is 5.76. The SMILES string of the molecule is CCCCc1ccc(N(C(=O)COc2cc(C)ccc2C)S(=O)(=O)c2ccc(C)cc2)cc1. The Labute approximate surface area is 197 Å². The third kappa shape index (κ3) is 6.02. The number of rotatable bonds is 9. The average Bonchev–Trinajstić information content (AvgIpc) is 2.79. The molecule has 0 unspecified atom stereocenters. The zero-order chi connectivity index (χ0) is 24.0. The molecule has 0 radical (unpaired) electrons. The second kappa shape index (κ2) is 10.7. The lowest BCUT2D eigenvalue weighted by Gasteiger charge is -2.23. The Morgan fingerprint density at radius 2 is 1.52 bits per heavy atom. The largest absolute Gasteiger partial charge is 0.483 e. The first-order valence-electron chi connectivity index (χ1n) is 11.2. The molecule has 0 bridgehead atoms. The number of anilines is 1. The van der Waals surface area contributed by atoms with Gasteiger partial charge < -0.3 is 4.74 Å². The number of hydrogen-bond donors (Lipinski definition) is 0. The monoisotopic (exact) mass is 465 g/mol. The van der Waals surface area contributed by atoms with Crippen molar-refractivity contribution < 1.29 is 17.9 Å². The maximum atomic E-state index is 13.5. The molecule has 1 amide bonds. The quantitative estimate of drug-likeness (QED) is 0.403. The van der Waals surface area contributed by atoms with Crippen LogP contribution in [0.15, 0.2) is 71.6 Å². The first-order chi connectivity index (χ1) is 15.7. The topological polar surface area (TPSA) is 63.7 Å². The summed E-state index contributed by atoms with van der Waals surface area (Å²) in [6, 6.07) is 19.3. The number of carbonyl (C=O) groups excluding carboxylic acids is 1. The van der Waals surface area contributed by atoms with E-state index in [1.165, 1.54) is 12.1 Å². The molecule has 0 heterocycles. The van der Waals surface area contributed by atoms with Gasteiger partial charge in [0.15, 0.2) is 6.61 Å². The Morgan fingerprint density at radius 3 is 2.15 bits per heavy atom. The van der Waals surface area contributed by atoms with Gasteiger partial charge in [-0.1, -0.05) is 55.3 Å². The van der Waals surface area contributed by atoms with E-state index in [0.29, 0.717) is 11.4 Å². The van der Waals surface area contributed by atoms with Gasteiger partial charge >= 0.3 is 0 Å². The van der Waals surface area contributed by atoms with Crippen LogP contribution in [0.2, 0.25) is 0 Å². The fraction of sp³-hybridized carbons (Fsp3) is 0.296. The van der Waals surface area contributed by atoms with Crippen molar-refractivity contribution in [1.82, 2.24) is 0 Å². The van der Waals surface area contributed by atoms with Crippen LogP contribution in [0.3, 0.4) is 0 Å². The van der Waals surface area contributed by atoms with Gasteiger partial charge in [-0.15, -0.1) is 0 Å². The van der Waals surface area contributed by atoms with E-state index in [2.05, 4.69) is 6.92 Å². The maximum absolute atomic E-state index is 13.5. The smallest absolute Gasteiger partial charge is 0.278 e. The molecule has 3 rings (SSSR count). The summed E-state index contributed by atoms with van der Waals surface area (Å²) in [4.78, 5) is 13.3. The van der Waals surface area contributed by atoms with Gasteiger partial charge in [0.05, 0.1) is 10.6 Å². The van der Waals surface area contributed by atoms with Crippen LogP contribution in [0.5, 0.6) is 5.75 Å². The summed E-state index contributed by atoms with van der Waals surface area (Å²) in [5.74, 6) is -0.0938. The Morgan fingerprint density at radius 1 is 0.879 bits per heavy atom. The molecule has 3 aromatic rings. The highest BCUT2D eigenvalue weighted by Crippen LogP contribution is 2.26. The zero-order valence-corrected chi connectivity index (χ0v) is 20.5. The summed E-state index contributed by atoms with van der Waals surface area (Å²) < 4.78 is 33.7. The van der Waals surface area contributed by atoms with Crippen molar-refractivity contribution in [2.45, 2.75) is 51.9 Å². The Bertz CT molecular complexity index is 1200. The van der Waals surface area contributed by atoms with E-state index in [1.807, 2.05) is 51.1 Å². The van der Waals surface area contributed by atoms with E-state index >= 15 is 0 Å². The van der Waals surface area contributed by atoms with Gasteiger partial charge in [0, 0.05) is 0 Å². The van der Waals surface area contributed by atoms with Gasteiger partial charge in [0.2, 0.25) is 0 Å². The number of nitrogens with zero attached hydrogens (tertiary/aromatic N) is 1. The van der Waals surface area contributed by atoms with Gasteiger partial charge in [0.25, 0.3) is 15.9 Å². The standard InChI is InChI=1S/C27H31NO4S/c1-5-6-7-23-12-14-24(15-13-23)28(33(30,31)25-16-9-20(2)10-17-25)27(29)19-32-26-18-21(3)8-11-22(26)4/h8-18H,5-7,19H2,1-4H3. The minimum Gasteiger partial charge on any atom is -0.483 e. The van der Waals surface area contributed by atoms with E-state index in [4.69, 9.17) is 4.74 Å². The molecule has 0 saturated carbocycles. The average molecular weight is 466 g/mol. The highest BCUT2D eigenvalue weighted by molar-refractivity contribution is 7.93. The zero-order valence-electron chi connectivity index (χ0n) is 19.7. The number of unbranched alkanes of at least 4 members (excludes halogenated alkanes) is 1. The molecule has 0 atom stereocenters. The van der Waals surface area contributed by atoms with Crippen LogP contribution >= 0.6 is 0 Å². The van der Waals surface area contributed by atoms with Crippen LogP contribution in [0.25, 0.3) is 0 Å². The van der Waals surface area contributed by atoms with Crippen LogP contribution in [0.1, 0.15) is 42.0 Å². The third-order valence-corrected chi connectivity index (χ3v) is 7.23. The molecular weight excluding hydrogens is 434 g/mol. The number of hydrogen-bond acceptors (Lipinski definition) is 4. The second-order valence-electron chi connectivity index (χ2n) is 8.30. The first-order valence-corrected chi connectivity index (χ1v) is 12.6. The minimum atomic E-state index is -4.12. The normalized spacial score (nSPS) is 11.3. The van der Waals surface area contributed by atoms with Gasteiger partial charge in [-0.3, -0.25) is 4.79 Å².